The zero-order valence-electron chi connectivity index (χ0n) is 18.9. The fourth-order valence-corrected chi connectivity index (χ4v) is 4.21. The molecule has 3 rings (SSSR count). The van der Waals surface area contributed by atoms with Crippen molar-refractivity contribution in [3.63, 3.8) is 0 Å². The SMILES string of the molecule is C#CCCc1ccc(N(C=O)C(C=O)CC)c(-c2ccc(OC)c(OC3CCCC3)c2)c1. The van der Waals surface area contributed by atoms with Crippen LogP contribution in [-0.2, 0) is 16.0 Å². The molecule has 1 saturated carbocycles. The Bertz CT molecular complexity index is 972. The Morgan fingerprint density at radius 2 is 1.94 bits per heavy atom. The molecule has 0 spiro atoms. The van der Waals surface area contributed by atoms with E-state index in [2.05, 4.69) is 5.92 Å². The van der Waals surface area contributed by atoms with Gasteiger partial charge in [0.25, 0.3) is 0 Å². The van der Waals surface area contributed by atoms with Gasteiger partial charge in [-0.1, -0.05) is 19.1 Å². The van der Waals surface area contributed by atoms with Crippen LogP contribution in [-0.4, -0.2) is 32.0 Å². The molecule has 0 radical (unpaired) electrons. The van der Waals surface area contributed by atoms with Crippen LogP contribution in [0.1, 0.15) is 51.0 Å². The highest BCUT2D eigenvalue weighted by atomic mass is 16.5. The highest BCUT2D eigenvalue weighted by Crippen LogP contribution is 2.39. The van der Waals surface area contributed by atoms with E-state index < -0.39 is 6.04 Å². The average Bonchev–Trinajstić information content (AvgIpc) is 3.34. The third-order valence-electron chi connectivity index (χ3n) is 6.01. The van der Waals surface area contributed by atoms with E-state index >= 15 is 0 Å². The van der Waals surface area contributed by atoms with Crippen molar-refractivity contribution >= 4 is 18.4 Å². The molecule has 0 bridgehead atoms. The van der Waals surface area contributed by atoms with Gasteiger partial charge in [-0.15, -0.1) is 12.3 Å². The number of nitrogens with zero attached hydrogens (tertiary/aromatic N) is 1. The van der Waals surface area contributed by atoms with Crippen LogP contribution < -0.4 is 14.4 Å². The standard InChI is InChI=1S/C27H31NO4/c1-4-6-9-20-12-14-25(28(19-30)22(5-2)18-29)24(16-20)21-13-15-26(31-3)27(17-21)32-23-10-7-8-11-23/h1,12-19,22-23H,5-11H2,2-3H3. The van der Waals surface area contributed by atoms with Crippen LogP contribution in [0, 0.1) is 12.3 Å². The van der Waals surface area contributed by atoms with Crippen molar-refractivity contribution in [1.29, 1.82) is 0 Å². The van der Waals surface area contributed by atoms with E-state index in [4.69, 9.17) is 15.9 Å². The van der Waals surface area contributed by atoms with E-state index in [0.717, 1.165) is 48.6 Å². The Labute approximate surface area is 190 Å². The first-order valence-electron chi connectivity index (χ1n) is 11.3. The van der Waals surface area contributed by atoms with Crippen molar-refractivity contribution in [3.05, 3.63) is 42.0 Å². The van der Waals surface area contributed by atoms with Gasteiger partial charge < -0.3 is 19.2 Å². The zero-order chi connectivity index (χ0) is 22.9. The fourth-order valence-electron chi connectivity index (χ4n) is 4.21. The van der Waals surface area contributed by atoms with Crippen LogP contribution in [0.4, 0.5) is 5.69 Å². The van der Waals surface area contributed by atoms with Crippen molar-refractivity contribution in [2.45, 2.75) is 64.0 Å². The lowest BCUT2D eigenvalue weighted by atomic mass is 9.97. The van der Waals surface area contributed by atoms with E-state index in [-0.39, 0.29) is 6.10 Å². The summed E-state index contributed by atoms with van der Waals surface area (Å²) in [6, 6.07) is 11.2. The normalized spacial score (nSPS) is 14.4. The molecular weight excluding hydrogens is 402 g/mol. The summed E-state index contributed by atoms with van der Waals surface area (Å²) >= 11 is 0. The maximum Gasteiger partial charge on any atom is 0.214 e. The molecule has 168 valence electrons. The summed E-state index contributed by atoms with van der Waals surface area (Å²) in [5, 5.41) is 0. The van der Waals surface area contributed by atoms with Gasteiger partial charge >= 0.3 is 0 Å². The lowest BCUT2D eigenvalue weighted by molar-refractivity contribution is -0.113. The number of ether oxygens (including phenoxy) is 2. The Hall–Kier alpha value is -3.26. The Balaban J connectivity index is 2.09. The van der Waals surface area contributed by atoms with Crippen LogP contribution in [0.5, 0.6) is 11.5 Å². The van der Waals surface area contributed by atoms with Crippen molar-refractivity contribution in [2.24, 2.45) is 0 Å². The summed E-state index contributed by atoms with van der Waals surface area (Å²) in [6.45, 7) is 1.89. The van der Waals surface area contributed by atoms with Crippen molar-refractivity contribution in [3.8, 4) is 35.0 Å². The topological polar surface area (TPSA) is 55.8 Å². The van der Waals surface area contributed by atoms with Gasteiger partial charge in [-0.25, -0.2) is 0 Å². The maximum absolute atomic E-state index is 12.0. The number of aryl methyl sites for hydroxylation is 1. The molecule has 0 N–H and O–H groups in total. The number of methoxy groups -OCH3 is 1. The van der Waals surface area contributed by atoms with E-state index in [1.165, 1.54) is 17.7 Å². The van der Waals surface area contributed by atoms with Gasteiger partial charge in [-0.3, -0.25) is 4.79 Å². The molecule has 1 fully saturated rings. The number of carbonyl (C=O) groups is 2. The van der Waals surface area contributed by atoms with Gasteiger partial charge in [0.05, 0.1) is 24.9 Å². The van der Waals surface area contributed by atoms with Gasteiger partial charge in [0.1, 0.15) is 6.29 Å². The number of terminal acetylenes is 1. The van der Waals surface area contributed by atoms with Crippen LogP contribution in [0.15, 0.2) is 36.4 Å². The first kappa shape index (κ1) is 23.4. The summed E-state index contributed by atoms with van der Waals surface area (Å²) < 4.78 is 11.8. The first-order chi connectivity index (χ1) is 15.6. The van der Waals surface area contributed by atoms with Gasteiger partial charge in [0, 0.05) is 12.0 Å². The molecular formula is C27H31NO4. The number of carbonyl (C=O) groups excluding carboxylic acids is 2. The van der Waals surface area contributed by atoms with E-state index in [0.29, 0.717) is 30.0 Å². The van der Waals surface area contributed by atoms with E-state index in [1.54, 1.807) is 7.11 Å². The molecule has 2 aromatic carbocycles. The third-order valence-corrected chi connectivity index (χ3v) is 6.01. The molecule has 1 aliphatic rings. The Kier molecular flexibility index (Phi) is 8.33. The molecule has 2 aromatic rings. The summed E-state index contributed by atoms with van der Waals surface area (Å²) in [6.07, 6.45) is 13.5. The molecule has 0 heterocycles. The highest BCUT2D eigenvalue weighted by molar-refractivity contribution is 5.91. The van der Waals surface area contributed by atoms with Crippen LogP contribution >= 0.6 is 0 Å². The van der Waals surface area contributed by atoms with E-state index in [9.17, 15) is 9.59 Å². The Morgan fingerprint density at radius 3 is 2.56 bits per heavy atom. The molecule has 0 saturated heterocycles. The predicted octanol–water partition coefficient (Wildman–Crippen LogP) is 5.19. The van der Waals surface area contributed by atoms with Crippen molar-refractivity contribution in [1.82, 2.24) is 0 Å². The maximum atomic E-state index is 12.0. The largest absolute Gasteiger partial charge is 0.493 e. The summed E-state index contributed by atoms with van der Waals surface area (Å²) in [4.78, 5) is 25.1. The number of hydrogen-bond donors (Lipinski definition) is 0. The van der Waals surface area contributed by atoms with Gasteiger partial charge in [-0.05, 0) is 73.9 Å². The Morgan fingerprint density at radius 1 is 1.16 bits per heavy atom. The number of benzene rings is 2. The second kappa shape index (κ2) is 11.4. The number of amides is 1. The van der Waals surface area contributed by atoms with E-state index in [1.807, 2.05) is 43.3 Å². The minimum absolute atomic E-state index is 0.187. The van der Waals surface area contributed by atoms with Crippen LogP contribution in [0.25, 0.3) is 11.1 Å². The number of anilines is 1. The van der Waals surface area contributed by atoms with Gasteiger partial charge in [0.2, 0.25) is 6.41 Å². The minimum Gasteiger partial charge on any atom is -0.493 e. The van der Waals surface area contributed by atoms with Crippen LogP contribution in [0.2, 0.25) is 0 Å². The molecule has 1 amide bonds. The third kappa shape index (κ3) is 5.31. The van der Waals surface area contributed by atoms with Gasteiger partial charge in [0.15, 0.2) is 11.5 Å². The highest BCUT2D eigenvalue weighted by Gasteiger charge is 2.22. The van der Waals surface area contributed by atoms with Gasteiger partial charge in [-0.2, -0.15) is 0 Å². The number of aldehydes is 1. The minimum atomic E-state index is -0.532. The number of hydrogen-bond acceptors (Lipinski definition) is 4. The smallest absolute Gasteiger partial charge is 0.214 e. The molecule has 1 aliphatic carbocycles. The lowest BCUT2D eigenvalue weighted by Gasteiger charge is -2.26. The fraction of sp³-hybridized carbons (Fsp3) is 0.407. The molecule has 0 aliphatic heterocycles. The predicted molar refractivity (Wildman–Crippen MR) is 127 cm³/mol. The molecule has 1 unspecified atom stereocenters. The molecule has 1 atom stereocenters. The zero-order valence-corrected chi connectivity index (χ0v) is 18.9. The molecule has 32 heavy (non-hydrogen) atoms. The second-order valence-electron chi connectivity index (χ2n) is 8.07. The number of rotatable bonds is 11. The van der Waals surface area contributed by atoms with Crippen molar-refractivity contribution < 1.29 is 19.1 Å². The quantitative estimate of drug-likeness (QED) is 0.361. The monoisotopic (exact) mass is 433 g/mol. The lowest BCUT2D eigenvalue weighted by Crippen LogP contribution is -2.35. The summed E-state index contributed by atoms with van der Waals surface area (Å²) in [5.41, 5.74) is 3.50. The van der Waals surface area contributed by atoms with Crippen molar-refractivity contribution in [2.75, 3.05) is 12.0 Å². The second-order valence-corrected chi connectivity index (χ2v) is 8.07. The first-order valence-corrected chi connectivity index (χ1v) is 11.3. The molecule has 5 heteroatoms. The summed E-state index contributed by atoms with van der Waals surface area (Å²) in [5.74, 6) is 4.05. The summed E-state index contributed by atoms with van der Waals surface area (Å²) in [7, 11) is 1.63. The average molecular weight is 434 g/mol. The molecule has 0 aromatic heterocycles. The van der Waals surface area contributed by atoms with Crippen LogP contribution in [0.3, 0.4) is 0 Å². The molecule has 5 nitrogen and oxygen atoms in total.